The largest absolute Gasteiger partial charge is 0.497 e. The van der Waals surface area contributed by atoms with Gasteiger partial charge in [0.15, 0.2) is 0 Å². The second kappa shape index (κ2) is 8.43. The number of nitrogens with zero attached hydrogens (tertiary/aromatic N) is 3. The zero-order valence-electron chi connectivity index (χ0n) is 17.4. The second-order valence-electron chi connectivity index (χ2n) is 7.18. The Bertz CT molecular complexity index is 1230. The maximum absolute atomic E-state index is 13.1. The van der Waals surface area contributed by atoms with E-state index in [1.165, 1.54) is 12.1 Å². The SMILES string of the molecule is COc1cccc(-c2cc(C(=O)Nc3c(C)nn(Cc4ccc(F)cc4)c3C)[nH]n2)c1. The van der Waals surface area contributed by atoms with E-state index in [0.29, 0.717) is 35.1 Å². The molecule has 31 heavy (non-hydrogen) atoms. The lowest BCUT2D eigenvalue weighted by atomic mass is 10.1. The van der Waals surface area contributed by atoms with Crippen molar-refractivity contribution >= 4 is 11.6 Å². The van der Waals surface area contributed by atoms with Gasteiger partial charge in [0.1, 0.15) is 17.3 Å². The van der Waals surface area contributed by atoms with Gasteiger partial charge in [-0.15, -0.1) is 0 Å². The first kappa shape index (κ1) is 20.3. The Morgan fingerprint density at radius 2 is 1.94 bits per heavy atom. The van der Waals surface area contributed by atoms with Gasteiger partial charge in [0.25, 0.3) is 5.91 Å². The highest BCUT2D eigenvalue weighted by atomic mass is 19.1. The molecule has 7 nitrogen and oxygen atoms in total. The zero-order chi connectivity index (χ0) is 22.0. The molecule has 0 saturated heterocycles. The summed E-state index contributed by atoms with van der Waals surface area (Å²) in [5.74, 6) is 0.124. The van der Waals surface area contributed by atoms with Gasteiger partial charge < -0.3 is 10.1 Å². The topological polar surface area (TPSA) is 84.8 Å². The Kier molecular flexibility index (Phi) is 5.53. The molecule has 0 fully saturated rings. The molecule has 0 radical (unpaired) electrons. The number of carbonyl (C=O) groups is 1. The van der Waals surface area contributed by atoms with Gasteiger partial charge in [0.2, 0.25) is 0 Å². The number of ether oxygens (including phenoxy) is 1. The predicted octanol–water partition coefficient (Wildman–Crippen LogP) is 4.34. The van der Waals surface area contributed by atoms with E-state index in [1.807, 2.05) is 38.1 Å². The first-order valence-corrected chi connectivity index (χ1v) is 9.74. The van der Waals surface area contributed by atoms with Gasteiger partial charge in [-0.2, -0.15) is 10.2 Å². The molecule has 0 aliphatic heterocycles. The molecule has 4 aromatic rings. The minimum absolute atomic E-state index is 0.280. The summed E-state index contributed by atoms with van der Waals surface area (Å²) in [4.78, 5) is 12.8. The van der Waals surface area contributed by atoms with Gasteiger partial charge in [-0.1, -0.05) is 24.3 Å². The van der Waals surface area contributed by atoms with Gasteiger partial charge in [-0.05, 0) is 49.7 Å². The van der Waals surface area contributed by atoms with E-state index >= 15 is 0 Å². The Morgan fingerprint density at radius 3 is 2.68 bits per heavy atom. The minimum Gasteiger partial charge on any atom is -0.497 e. The molecule has 0 aliphatic carbocycles. The van der Waals surface area contributed by atoms with Crippen LogP contribution in [0.3, 0.4) is 0 Å². The van der Waals surface area contributed by atoms with Crippen molar-refractivity contribution in [1.29, 1.82) is 0 Å². The van der Waals surface area contributed by atoms with Gasteiger partial charge in [-0.25, -0.2) is 4.39 Å². The van der Waals surface area contributed by atoms with Crippen molar-refractivity contribution in [3.63, 3.8) is 0 Å². The molecule has 2 aromatic carbocycles. The van der Waals surface area contributed by atoms with Crippen LogP contribution in [0.5, 0.6) is 5.75 Å². The number of H-pyrrole nitrogens is 1. The Hall–Kier alpha value is -3.94. The number of halogens is 1. The van der Waals surface area contributed by atoms with Crippen molar-refractivity contribution in [2.75, 3.05) is 12.4 Å². The van der Waals surface area contributed by atoms with Crippen LogP contribution in [-0.2, 0) is 6.54 Å². The normalized spacial score (nSPS) is 10.8. The number of amides is 1. The number of nitrogens with one attached hydrogen (secondary N) is 2. The molecular weight excluding hydrogens is 397 g/mol. The van der Waals surface area contributed by atoms with Crippen molar-refractivity contribution in [2.45, 2.75) is 20.4 Å². The number of benzene rings is 2. The summed E-state index contributed by atoms with van der Waals surface area (Å²) in [7, 11) is 1.60. The highest BCUT2D eigenvalue weighted by Crippen LogP contribution is 2.24. The van der Waals surface area contributed by atoms with Crippen LogP contribution < -0.4 is 10.1 Å². The summed E-state index contributed by atoms with van der Waals surface area (Å²) >= 11 is 0. The summed E-state index contributed by atoms with van der Waals surface area (Å²) in [6, 6.07) is 15.4. The molecule has 2 aromatic heterocycles. The Morgan fingerprint density at radius 1 is 1.16 bits per heavy atom. The van der Waals surface area contributed by atoms with E-state index in [9.17, 15) is 9.18 Å². The highest BCUT2D eigenvalue weighted by molar-refractivity contribution is 6.04. The van der Waals surface area contributed by atoms with Crippen molar-refractivity contribution in [1.82, 2.24) is 20.0 Å². The van der Waals surface area contributed by atoms with Gasteiger partial charge in [-0.3, -0.25) is 14.6 Å². The summed E-state index contributed by atoms with van der Waals surface area (Å²) in [5, 5.41) is 14.5. The molecule has 0 unspecified atom stereocenters. The summed E-state index contributed by atoms with van der Waals surface area (Å²) in [5.41, 5.74) is 4.88. The fourth-order valence-corrected chi connectivity index (χ4v) is 3.34. The van der Waals surface area contributed by atoms with Crippen LogP contribution in [0.2, 0.25) is 0 Å². The first-order valence-electron chi connectivity index (χ1n) is 9.74. The Labute approximate surface area is 178 Å². The minimum atomic E-state index is -0.311. The van der Waals surface area contributed by atoms with Crippen LogP contribution in [0.4, 0.5) is 10.1 Å². The number of hydrogen-bond acceptors (Lipinski definition) is 4. The maximum Gasteiger partial charge on any atom is 0.273 e. The summed E-state index contributed by atoms with van der Waals surface area (Å²) in [6.07, 6.45) is 0. The number of carbonyl (C=O) groups excluding carboxylic acids is 1. The van der Waals surface area contributed by atoms with Crippen molar-refractivity contribution in [2.24, 2.45) is 0 Å². The molecule has 158 valence electrons. The molecule has 2 N–H and O–H groups in total. The van der Waals surface area contributed by atoms with E-state index in [0.717, 1.165) is 16.8 Å². The highest BCUT2D eigenvalue weighted by Gasteiger charge is 2.17. The van der Waals surface area contributed by atoms with Crippen molar-refractivity contribution < 1.29 is 13.9 Å². The molecule has 4 rings (SSSR count). The lowest BCUT2D eigenvalue weighted by molar-refractivity contribution is 0.102. The first-order chi connectivity index (χ1) is 14.9. The average Bonchev–Trinajstić information content (AvgIpc) is 3.37. The third kappa shape index (κ3) is 4.32. The molecule has 0 aliphatic rings. The quantitative estimate of drug-likeness (QED) is 0.487. The van der Waals surface area contributed by atoms with Crippen LogP contribution in [0.25, 0.3) is 11.3 Å². The van der Waals surface area contributed by atoms with Gasteiger partial charge in [0, 0.05) is 5.56 Å². The maximum atomic E-state index is 13.1. The third-order valence-electron chi connectivity index (χ3n) is 5.05. The number of rotatable bonds is 6. The van der Waals surface area contributed by atoms with Crippen LogP contribution in [-0.4, -0.2) is 33.0 Å². The van der Waals surface area contributed by atoms with Crippen LogP contribution >= 0.6 is 0 Å². The number of aromatic nitrogens is 4. The molecule has 0 spiro atoms. The van der Waals surface area contributed by atoms with E-state index in [1.54, 1.807) is 30.0 Å². The Balaban J connectivity index is 1.52. The van der Waals surface area contributed by atoms with Crippen LogP contribution in [0.15, 0.2) is 54.6 Å². The van der Waals surface area contributed by atoms with Gasteiger partial charge in [0.05, 0.1) is 36.4 Å². The second-order valence-corrected chi connectivity index (χ2v) is 7.18. The lowest BCUT2D eigenvalue weighted by Gasteiger charge is -2.07. The smallest absolute Gasteiger partial charge is 0.273 e. The number of hydrogen-bond donors (Lipinski definition) is 2. The molecule has 0 bridgehead atoms. The molecule has 1 amide bonds. The fourth-order valence-electron chi connectivity index (χ4n) is 3.34. The summed E-state index contributed by atoms with van der Waals surface area (Å²) < 4.78 is 20.2. The zero-order valence-corrected chi connectivity index (χ0v) is 17.4. The number of aryl methyl sites for hydroxylation is 1. The standard InChI is InChI=1S/C23H22FN5O2/c1-14-22(15(2)29(28-14)13-16-7-9-18(24)10-8-16)25-23(30)21-12-20(26-27-21)17-5-4-6-19(11-17)31-3/h4-12H,13H2,1-3H3,(H,25,30)(H,26,27). The third-order valence-corrected chi connectivity index (χ3v) is 5.05. The van der Waals surface area contributed by atoms with E-state index in [4.69, 9.17) is 4.74 Å². The fraction of sp³-hybridized carbons (Fsp3) is 0.174. The predicted molar refractivity (Wildman–Crippen MR) is 116 cm³/mol. The molecular formula is C23H22FN5O2. The molecule has 8 heteroatoms. The number of anilines is 1. The summed E-state index contributed by atoms with van der Waals surface area (Å²) in [6.45, 7) is 4.19. The van der Waals surface area contributed by atoms with Crippen LogP contribution in [0.1, 0.15) is 27.4 Å². The number of aromatic amines is 1. The molecule has 0 saturated carbocycles. The van der Waals surface area contributed by atoms with E-state index in [-0.39, 0.29) is 11.7 Å². The monoisotopic (exact) mass is 419 g/mol. The lowest BCUT2D eigenvalue weighted by Crippen LogP contribution is -2.14. The molecule has 0 atom stereocenters. The van der Waals surface area contributed by atoms with Crippen molar-refractivity contribution in [3.8, 4) is 17.0 Å². The van der Waals surface area contributed by atoms with E-state index in [2.05, 4.69) is 20.6 Å². The molecule has 2 heterocycles. The number of methoxy groups -OCH3 is 1. The van der Waals surface area contributed by atoms with E-state index < -0.39 is 0 Å². The average molecular weight is 419 g/mol. The van der Waals surface area contributed by atoms with Crippen molar-refractivity contribution in [3.05, 3.63) is 83.1 Å². The van der Waals surface area contributed by atoms with Crippen LogP contribution in [0, 0.1) is 19.7 Å². The van der Waals surface area contributed by atoms with Gasteiger partial charge >= 0.3 is 0 Å².